The molecule has 8 nitrogen and oxygen atoms in total. The molecule has 2 rings (SSSR count). The molecule has 0 aliphatic heterocycles. The number of anilines is 1. The number of carbonyl (C=O) groups is 2. The van der Waals surface area contributed by atoms with Crippen LogP contribution in [0.25, 0.3) is 11.5 Å². The summed E-state index contributed by atoms with van der Waals surface area (Å²) in [5, 5.41) is 9.92. The van der Waals surface area contributed by atoms with Crippen LogP contribution in [0.2, 0.25) is 0 Å². The van der Waals surface area contributed by atoms with Gasteiger partial charge < -0.3 is 21.2 Å². The Kier molecular flexibility index (Phi) is 4.06. The van der Waals surface area contributed by atoms with E-state index in [-0.39, 0.29) is 6.42 Å². The van der Waals surface area contributed by atoms with Gasteiger partial charge in [-0.1, -0.05) is 0 Å². The van der Waals surface area contributed by atoms with Crippen molar-refractivity contribution in [2.75, 3.05) is 5.32 Å². The van der Waals surface area contributed by atoms with Crippen LogP contribution in [0.15, 0.2) is 35.1 Å². The lowest BCUT2D eigenvalue weighted by molar-refractivity contribution is -0.123. The van der Waals surface area contributed by atoms with Crippen LogP contribution in [0, 0.1) is 0 Å². The lowest BCUT2D eigenvalue weighted by Gasteiger charge is -2.10. The average Bonchev–Trinajstić information content (AvgIpc) is 2.92. The van der Waals surface area contributed by atoms with Crippen LogP contribution >= 0.6 is 0 Å². The average molecular weight is 275 g/mol. The van der Waals surface area contributed by atoms with Crippen molar-refractivity contribution < 1.29 is 14.0 Å². The molecule has 1 aromatic carbocycles. The summed E-state index contributed by atoms with van der Waals surface area (Å²) in [6, 6.07) is 5.78. The first-order chi connectivity index (χ1) is 9.56. The number of nitrogens with one attached hydrogen (secondary N) is 1. The zero-order valence-electron chi connectivity index (χ0n) is 10.4. The van der Waals surface area contributed by atoms with Crippen LogP contribution in [-0.4, -0.2) is 28.1 Å². The Morgan fingerprint density at radius 3 is 2.55 bits per heavy atom. The largest absolute Gasteiger partial charge is 0.423 e. The van der Waals surface area contributed by atoms with Gasteiger partial charge in [0.25, 0.3) is 0 Å². The third kappa shape index (κ3) is 3.39. The van der Waals surface area contributed by atoms with Crippen molar-refractivity contribution in [3.05, 3.63) is 30.7 Å². The SMILES string of the molecule is NC(=O)CC(N)C(=O)Nc1ccc(-c2nnco2)cc1. The fourth-order valence-corrected chi connectivity index (χ4v) is 1.54. The molecule has 0 saturated carbocycles. The van der Waals surface area contributed by atoms with Crippen molar-refractivity contribution in [2.24, 2.45) is 11.5 Å². The summed E-state index contributed by atoms with van der Waals surface area (Å²) in [5.41, 5.74) is 11.8. The van der Waals surface area contributed by atoms with Crippen molar-refractivity contribution >= 4 is 17.5 Å². The maximum Gasteiger partial charge on any atom is 0.247 e. The summed E-state index contributed by atoms with van der Waals surface area (Å²) in [4.78, 5) is 22.4. The van der Waals surface area contributed by atoms with Crippen LogP contribution in [-0.2, 0) is 9.59 Å². The number of hydrogen-bond acceptors (Lipinski definition) is 6. The lowest BCUT2D eigenvalue weighted by Crippen LogP contribution is -2.38. The van der Waals surface area contributed by atoms with E-state index in [1.165, 1.54) is 6.39 Å². The third-order valence-electron chi connectivity index (χ3n) is 2.52. The molecular weight excluding hydrogens is 262 g/mol. The molecule has 5 N–H and O–H groups in total. The van der Waals surface area contributed by atoms with E-state index >= 15 is 0 Å². The van der Waals surface area contributed by atoms with Crippen LogP contribution in [0.1, 0.15) is 6.42 Å². The standard InChI is InChI=1S/C12H13N5O3/c13-9(5-10(14)18)11(19)16-8-3-1-7(2-4-8)12-17-15-6-20-12/h1-4,6,9H,5,13H2,(H2,14,18)(H,16,19). The number of benzene rings is 1. The highest BCUT2D eigenvalue weighted by Gasteiger charge is 2.16. The zero-order chi connectivity index (χ0) is 14.5. The van der Waals surface area contributed by atoms with Gasteiger partial charge in [-0.15, -0.1) is 10.2 Å². The number of nitrogens with two attached hydrogens (primary N) is 2. The maximum absolute atomic E-state index is 11.7. The Labute approximate surface area is 114 Å². The molecule has 2 aromatic rings. The Morgan fingerprint density at radius 1 is 1.30 bits per heavy atom. The van der Waals surface area contributed by atoms with E-state index < -0.39 is 17.9 Å². The van der Waals surface area contributed by atoms with Crippen molar-refractivity contribution in [3.63, 3.8) is 0 Å². The van der Waals surface area contributed by atoms with Crippen LogP contribution in [0.3, 0.4) is 0 Å². The van der Waals surface area contributed by atoms with Crippen molar-refractivity contribution in [1.29, 1.82) is 0 Å². The first-order valence-electron chi connectivity index (χ1n) is 5.77. The van der Waals surface area contributed by atoms with Gasteiger partial charge in [0.1, 0.15) is 0 Å². The lowest BCUT2D eigenvalue weighted by atomic mass is 10.1. The minimum absolute atomic E-state index is 0.202. The third-order valence-corrected chi connectivity index (χ3v) is 2.52. The summed E-state index contributed by atoms with van der Waals surface area (Å²) in [6.07, 6.45) is 1.03. The molecule has 20 heavy (non-hydrogen) atoms. The second-order valence-electron chi connectivity index (χ2n) is 4.09. The zero-order valence-corrected chi connectivity index (χ0v) is 10.4. The van der Waals surface area contributed by atoms with Crippen LogP contribution in [0.4, 0.5) is 5.69 Å². The smallest absolute Gasteiger partial charge is 0.247 e. The topological polar surface area (TPSA) is 137 Å². The Balaban J connectivity index is 2.00. The molecule has 0 saturated heterocycles. The van der Waals surface area contributed by atoms with Gasteiger partial charge in [0.15, 0.2) is 0 Å². The van der Waals surface area contributed by atoms with E-state index in [2.05, 4.69) is 15.5 Å². The summed E-state index contributed by atoms with van der Waals surface area (Å²) < 4.78 is 5.04. The Bertz CT molecular complexity index is 594. The van der Waals surface area contributed by atoms with E-state index in [0.29, 0.717) is 11.6 Å². The molecule has 1 atom stereocenters. The van der Waals surface area contributed by atoms with Gasteiger partial charge in [0, 0.05) is 11.3 Å². The van der Waals surface area contributed by atoms with Crippen LogP contribution in [0.5, 0.6) is 0 Å². The summed E-state index contributed by atoms with van der Waals surface area (Å²) in [7, 11) is 0. The van der Waals surface area contributed by atoms with Gasteiger partial charge >= 0.3 is 0 Å². The molecule has 1 heterocycles. The van der Waals surface area contributed by atoms with Crippen molar-refractivity contribution in [3.8, 4) is 11.5 Å². The van der Waals surface area contributed by atoms with E-state index in [0.717, 1.165) is 5.56 Å². The quantitative estimate of drug-likeness (QED) is 0.695. The second-order valence-corrected chi connectivity index (χ2v) is 4.09. The first kappa shape index (κ1) is 13.7. The minimum atomic E-state index is -0.969. The van der Waals surface area contributed by atoms with Gasteiger partial charge in [-0.05, 0) is 24.3 Å². The minimum Gasteiger partial charge on any atom is -0.423 e. The van der Waals surface area contributed by atoms with Crippen LogP contribution < -0.4 is 16.8 Å². The number of amides is 2. The predicted molar refractivity (Wildman–Crippen MR) is 70.2 cm³/mol. The molecule has 8 heteroatoms. The second kappa shape index (κ2) is 5.93. The molecule has 0 aliphatic carbocycles. The fraction of sp³-hybridized carbons (Fsp3) is 0.167. The number of primary amides is 1. The van der Waals surface area contributed by atoms with Gasteiger partial charge in [0.2, 0.25) is 24.1 Å². The molecular formula is C12H13N5O3. The van der Waals surface area contributed by atoms with E-state index in [9.17, 15) is 9.59 Å². The maximum atomic E-state index is 11.7. The molecule has 0 fully saturated rings. The highest BCUT2D eigenvalue weighted by Crippen LogP contribution is 2.18. The molecule has 104 valence electrons. The fourth-order valence-electron chi connectivity index (χ4n) is 1.54. The number of rotatable bonds is 5. The van der Waals surface area contributed by atoms with Gasteiger partial charge in [-0.2, -0.15) is 0 Å². The van der Waals surface area contributed by atoms with E-state index in [1.807, 2.05) is 0 Å². The van der Waals surface area contributed by atoms with Gasteiger partial charge in [0.05, 0.1) is 12.5 Å². The highest BCUT2D eigenvalue weighted by atomic mass is 16.4. The first-order valence-corrected chi connectivity index (χ1v) is 5.77. The van der Waals surface area contributed by atoms with Crippen molar-refractivity contribution in [1.82, 2.24) is 10.2 Å². The number of nitrogens with zero attached hydrogens (tertiary/aromatic N) is 2. The Hall–Kier alpha value is -2.74. The van der Waals surface area contributed by atoms with Crippen molar-refractivity contribution in [2.45, 2.75) is 12.5 Å². The number of aromatic nitrogens is 2. The highest BCUT2D eigenvalue weighted by molar-refractivity contribution is 5.97. The van der Waals surface area contributed by atoms with E-state index in [4.69, 9.17) is 15.9 Å². The van der Waals surface area contributed by atoms with E-state index in [1.54, 1.807) is 24.3 Å². The molecule has 1 unspecified atom stereocenters. The predicted octanol–water partition coefficient (Wildman–Crippen LogP) is -0.122. The summed E-state index contributed by atoms with van der Waals surface area (Å²) >= 11 is 0. The molecule has 1 aromatic heterocycles. The number of hydrogen-bond donors (Lipinski definition) is 3. The summed E-state index contributed by atoms with van der Waals surface area (Å²) in [5.74, 6) is -0.720. The Morgan fingerprint density at radius 2 is 2.00 bits per heavy atom. The monoisotopic (exact) mass is 275 g/mol. The normalized spacial score (nSPS) is 11.8. The van der Waals surface area contributed by atoms with Gasteiger partial charge in [-0.25, -0.2) is 0 Å². The summed E-state index contributed by atoms with van der Waals surface area (Å²) in [6.45, 7) is 0. The molecule has 2 amide bonds. The van der Waals surface area contributed by atoms with Gasteiger partial charge in [-0.3, -0.25) is 9.59 Å². The number of carbonyl (C=O) groups excluding carboxylic acids is 2. The molecule has 0 aliphatic rings. The molecule has 0 radical (unpaired) electrons. The molecule has 0 bridgehead atoms. The molecule has 0 spiro atoms.